The first-order chi connectivity index (χ1) is 11.3. The molecule has 1 aromatic carbocycles. The van der Waals surface area contributed by atoms with Gasteiger partial charge in [0, 0.05) is 25.2 Å². The first-order valence-electron chi connectivity index (χ1n) is 8.31. The average Bonchev–Trinajstić information content (AvgIpc) is 3.00. The highest BCUT2D eigenvalue weighted by atomic mass is 16.4. The molecule has 1 aliphatic carbocycles. The summed E-state index contributed by atoms with van der Waals surface area (Å²) in [5.41, 5.74) is 4.10. The lowest BCUT2D eigenvalue weighted by atomic mass is 10.2. The molecule has 1 unspecified atom stereocenters. The number of hydrogen-bond donors (Lipinski definition) is 0. The lowest BCUT2D eigenvalue weighted by Gasteiger charge is -2.13. The van der Waals surface area contributed by atoms with E-state index in [4.69, 9.17) is 4.42 Å². The maximum atomic E-state index is 5.99. The van der Waals surface area contributed by atoms with Crippen molar-refractivity contribution in [3.8, 4) is 0 Å². The Morgan fingerprint density at radius 2 is 2.13 bits per heavy atom. The summed E-state index contributed by atoms with van der Waals surface area (Å²) in [6, 6.07) is 7.15. The molecular formula is C17H19N5O. The molecule has 3 heterocycles. The Bertz CT molecular complexity index is 863. The lowest BCUT2D eigenvalue weighted by molar-refractivity contribution is 0.476. The fourth-order valence-electron chi connectivity index (χ4n) is 3.38. The van der Waals surface area contributed by atoms with E-state index in [0.717, 1.165) is 47.9 Å². The SMILES string of the molecule is Cc1cccc2nc(N3CCC(n4cc(C5CC5)nn4)C3)oc12. The summed E-state index contributed by atoms with van der Waals surface area (Å²) in [7, 11) is 0. The molecule has 1 atom stereocenters. The standard InChI is InChI=1S/C17H19N5O/c1-11-3-2-4-14-16(11)23-17(18-14)21-8-7-13(9-21)22-10-15(19-20-22)12-5-6-12/h2-4,10,12-13H,5-9H2,1H3. The summed E-state index contributed by atoms with van der Waals surface area (Å²) in [4.78, 5) is 6.85. The van der Waals surface area contributed by atoms with Crippen molar-refractivity contribution in [1.82, 2.24) is 20.0 Å². The number of nitrogens with zero attached hydrogens (tertiary/aromatic N) is 5. The van der Waals surface area contributed by atoms with Crippen LogP contribution in [-0.4, -0.2) is 33.1 Å². The van der Waals surface area contributed by atoms with Gasteiger partial charge in [-0.05, 0) is 37.8 Å². The molecular weight excluding hydrogens is 290 g/mol. The van der Waals surface area contributed by atoms with Crippen LogP contribution in [0, 0.1) is 6.92 Å². The van der Waals surface area contributed by atoms with Crippen molar-refractivity contribution in [3.05, 3.63) is 35.7 Å². The van der Waals surface area contributed by atoms with Gasteiger partial charge < -0.3 is 9.32 Å². The Kier molecular flexibility index (Phi) is 2.74. The van der Waals surface area contributed by atoms with E-state index in [9.17, 15) is 0 Å². The normalized spacial score (nSPS) is 21.4. The molecule has 0 N–H and O–H groups in total. The van der Waals surface area contributed by atoms with Gasteiger partial charge in [0.1, 0.15) is 5.52 Å². The fourth-order valence-corrected chi connectivity index (χ4v) is 3.38. The molecule has 118 valence electrons. The number of hydrogen-bond acceptors (Lipinski definition) is 5. The van der Waals surface area contributed by atoms with Crippen LogP contribution in [0.5, 0.6) is 0 Å². The molecule has 23 heavy (non-hydrogen) atoms. The van der Waals surface area contributed by atoms with Gasteiger partial charge in [-0.25, -0.2) is 4.68 Å². The molecule has 0 radical (unpaired) electrons. The highest BCUT2D eigenvalue weighted by Crippen LogP contribution is 2.39. The maximum absolute atomic E-state index is 5.99. The molecule has 1 saturated heterocycles. The summed E-state index contributed by atoms with van der Waals surface area (Å²) >= 11 is 0. The first kappa shape index (κ1) is 13.1. The Balaban J connectivity index is 1.38. The summed E-state index contributed by atoms with van der Waals surface area (Å²) in [6.45, 7) is 3.87. The summed E-state index contributed by atoms with van der Waals surface area (Å²) in [6.07, 6.45) is 5.70. The minimum atomic E-state index is 0.353. The predicted molar refractivity (Wildman–Crippen MR) is 86.6 cm³/mol. The Morgan fingerprint density at radius 1 is 1.22 bits per heavy atom. The average molecular weight is 309 g/mol. The van der Waals surface area contributed by atoms with Crippen molar-refractivity contribution >= 4 is 17.1 Å². The second kappa shape index (κ2) is 4.81. The zero-order chi connectivity index (χ0) is 15.4. The van der Waals surface area contributed by atoms with Gasteiger partial charge in [-0.2, -0.15) is 4.98 Å². The van der Waals surface area contributed by atoms with E-state index in [1.165, 1.54) is 12.8 Å². The molecule has 0 spiro atoms. The van der Waals surface area contributed by atoms with E-state index in [1.807, 2.05) is 16.8 Å². The third-order valence-corrected chi connectivity index (χ3v) is 4.93. The summed E-state index contributed by atoms with van der Waals surface area (Å²) in [5, 5.41) is 8.66. The summed E-state index contributed by atoms with van der Waals surface area (Å²) in [5.74, 6) is 0.654. The van der Waals surface area contributed by atoms with Crippen LogP contribution >= 0.6 is 0 Å². The van der Waals surface area contributed by atoms with E-state index in [-0.39, 0.29) is 0 Å². The van der Waals surface area contributed by atoms with E-state index < -0.39 is 0 Å². The van der Waals surface area contributed by atoms with Crippen LogP contribution in [0.1, 0.15) is 42.5 Å². The van der Waals surface area contributed by atoms with E-state index in [2.05, 4.69) is 39.4 Å². The zero-order valence-electron chi connectivity index (χ0n) is 13.1. The number of anilines is 1. The number of aromatic nitrogens is 4. The molecule has 0 bridgehead atoms. The molecule has 2 fully saturated rings. The monoisotopic (exact) mass is 309 g/mol. The van der Waals surface area contributed by atoms with Crippen molar-refractivity contribution in [2.75, 3.05) is 18.0 Å². The minimum absolute atomic E-state index is 0.353. The quantitative estimate of drug-likeness (QED) is 0.744. The molecule has 5 rings (SSSR count). The molecule has 2 aliphatic rings. The van der Waals surface area contributed by atoms with Crippen LogP contribution in [0.3, 0.4) is 0 Å². The molecule has 0 amide bonds. The van der Waals surface area contributed by atoms with Gasteiger partial charge in [0.15, 0.2) is 5.58 Å². The number of rotatable bonds is 3. The van der Waals surface area contributed by atoms with Crippen LogP contribution in [0.4, 0.5) is 6.01 Å². The molecule has 1 aliphatic heterocycles. The molecule has 1 saturated carbocycles. The largest absolute Gasteiger partial charge is 0.423 e. The zero-order valence-corrected chi connectivity index (χ0v) is 13.1. The van der Waals surface area contributed by atoms with Crippen LogP contribution in [0.25, 0.3) is 11.1 Å². The van der Waals surface area contributed by atoms with Gasteiger partial charge in [-0.3, -0.25) is 0 Å². The van der Waals surface area contributed by atoms with E-state index >= 15 is 0 Å². The van der Waals surface area contributed by atoms with Gasteiger partial charge >= 0.3 is 0 Å². The third kappa shape index (κ3) is 2.20. The van der Waals surface area contributed by atoms with Crippen molar-refractivity contribution in [3.63, 3.8) is 0 Å². The van der Waals surface area contributed by atoms with Crippen molar-refractivity contribution in [2.24, 2.45) is 0 Å². The Labute approximate surface area is 134 Å². The van der Waals surface area contributed by atoms with Gasteiger partial charge in [0.05, 0.1) is 11.7 Å². The second-order valence-corrected chi connectivity index (χ2v) is 6.71. The second-order valence-electron chi connectivity index (χ2n) is 6.71. The number of para-hydroxylation sites is 1. The van der Waals surface area contributed by atoms with Gasteiger partial charge in [-0.1, -0.05) is 17.3 Å². The summed E-state index contributed by atoms with van der Waals surface area (Å²) < 4.78 is 8.02. The number of benzene rings is 1. The van der Waals surface area contributed by atoms with Crippen LogP contribution < -0.4 is 4.90 Å². The van der Waals surface area contributed by atoms with Gasteiger partial charge in [0.2, 0.25) is 0 Å². The Hall–Kier alpha value is -2.37. The molecule has 3 aromatic rings. The third-order valence-electron chi connectivity index (χ3n) is 4.93. The lowest BCUT2D eigenvalue weighted by Crippen LogP contribution is -2.21. The van der Waals surface area contributed by atoms with Crippen LogP contribution in [-0.2, 0) is 0 Å². The molecule has 6 nitrogen and oxygen atoms in total. The maximum Gasteiger partial charge on any atom is 0.298 e. The van der Waals surface area contributed by atoms with E-state index in [1.54, 1.807) is 0 Å². The number of oxazole rings is 1. The van der Waals surface area contributed by atoms with Crippen molar-refractivity contribution in [2.45, 2.75) is 38.1 Å². The van der Waals surface area contributed by atoms with Crippen LogP contribution in [0.15, 0.2) is 28.8 Å². The van der Waals surface area contributed by atoms with Gasteiger partial charge in [0.25, 0.3) is 6.01 Å². The fraction of sp³-hybridized carbons (Fsp3) is 0.471. The number of fused-ring (bicyclic) bond motifs is 1. The van der Waals surface area contributed by atoms with E-state index in [0.29, 0.717) is 12.0 Å². The van der Waals surface area contributed by atoms with Gasteiger partial charge in [-0.15, -0.1) is 5.10 Å². The highest BCUT2D eigenvalue weighted by molar-refractivity contribution is 5.77. The Morgan fingerprint density at radius 3 is 2.96 bits per heavy atom. The number of aryl methyl sites for hydroxylation is 1. The minimum Gasteiger partial charge on any atom is -0.423 e. The van der Waals surface area contributed by atoms with Crippen molar-refractivity contribution in [1.29, 1.82) is 0 Å². The molecule has 2 aromatic heterocycles. The topological polar surface area (TPSA) is 60.0 Å². The smallest absolute Gasteiger partial charge is 0.298 e. The van der Waals surface area contributed by atoms with Crippen molar-refractivity contribution < 1.29 is 4.42 Å². The first-order valence-corrected chi connectivity index (χ1v) is 8.31. The highest BCUT2D eigenvalue weighted by Gasteiger charge is 2.31. The molecule has 6 heteroatoms. The van der Waals surface area contributed by atoms with Crippen LogP contribution in [0.2, 0.25) is 0 Å². The predicted octanol–water partition coefficient (Wildman–Crippen LogP) is 3.06.